The lowest BCUT2D eigenvalue weighted by molar-refractivity contribution is 0.0623. The van der Waals surface area contributed by atoms with Crippen molar-refractivity contribution in [2.75, 3.05) is 26.2 Å². The molecule has 1 fully saturated rings. The number of aromatic nitrogens is 1. The van der Waals surface area contributed by atoms with Crippen LogP contribution in [0.4, 0.5) is 13.2 Å². The summed E-state index contributed by atoms with van der Waals surface area (Å²) < 4.78 is 39.3. The lowest BCUT2D eigenvalue weighted by atomic mass is 10.1. The van der Waals surface area contributed by atoms with Gasteiger partial charge in [0, 0.05) is 49.5 Å². The quantitative estimate of drug-likeness (QED) is 0.687. The number of piperazine rings is 1. The lowest BCUT2D eigenvalue weighted by Gasteiger charge is -2.35. The number of pyridine rings is 1. The van der Waals surface area contributed by atoms with Crippen LogP contribution in [-0.4, -0.2) is 52.6 Å². The summed E-state index contributed by atoms with van der Waals surface area (Å²) in [7, 11) is 0. The van der Waals surface area contributed by atoms with E-state index < -0.39 is 5.76 Å². The summed E-state index contributed by atoms with van der Waals surface area (Å²) in [5.74, 6) is -3.33. The minimum absolute atomic E-state index is 0.0260. The molecule has 1 aromatic carbocycles. The maximum Gasteiger partial charge on any atom is 0.290 e. The van der Waals surface area contributed by atoms with E-state index in [1.54, 1.807) is 23.1 Å². The standard InChI is InChI=1S/C18H17ClF3N3OS/c19-14-4-1-5-15(20)13(14)11-24-7-9-25(10-8-24)17(26)12-3-2-6-23-16(12)27-18(21)22/h1-6,18H,7-11H2. The van der Waals surface area contributed by atoms with Crippen molar-refractivity contribution in [3.63, 3.8) is 0 Å². The minimum atomic E-state index is -2.64. The largest absolute Gasteiger partial charge is 0.336 e. The van der Waals surface area contributed by atoms with E-state index in [1.165, 1.54) is 18.3 Å². The van der Waals surface area contributed by atoms with Crippen molar-refractivity contribution in [3.8, 4) is 0 Å². The molecule has 0 unspecified atom stereocenters. The predicted molar refractivity (Wildman–Crippen MR) is 98.7 cm³/mol. The molecule has 1 amide bonds. The van der Waals surface area contributed by atoms with Crippen molar-refractivity contribution in [2.45, 2.75) is 17.3 Å². The van der Waals surface area contributed by atoms with Gasteiger partial charge in [-0.25, -0.2) is 9.37 Å². The van der Waals surface area contributed by atoms with Crippen LogP contribution < -0.4 is 0 Å². The normalized spacial score (nSPS) is 15.4. The Kier molecular flexibility index (Phi) is 6.62. The smallest absolute Gasteiger partial charge is 0.290 e. The van der Waals surface area contributed by atoms with Gasteiger partial charge in [-0.3, -0.25) is 9.69 Å². The molecule has 2 aromatic rings. The highest BCUT2D eigenvalue weighted by molar-refractivity contribution is 7.99. The number of halogens is 4. The molecule has 1 aliphatic heterocycles. The second-order valence-corrected chi connectivity index (χ2v) is 7.39. The molecule has 2 heterocycles. The van der Waals surface area contributed by atoms with Gasteiger partial charge in [0.05, 0.1) is 5.56 Å². The van der Waals surface area contributed by atoms with E-state index in [9.17, 15) is 18.0 Å². The Balaban J connectivity index is 1.63. The third kappa shape index (κ3) is 4.94. The average molecular weight is 416 g/mol. The van der Waals surface area contributed by atoms with Crippen molar-refractivity contribution >= 4 is 29.3 Å². The number of benzene rings is 1. The van der Waals surface area contributed by atoms with Crippen molar-refractivity contribution in [2.24, 2.45) is 0 Å². The van der Waals surface area contributed by atoms with Crippen LogP contribution in [0, 0.1) is 5.82 Å². The SMILES string of the molecule is O=C(c1cccnc1SC(F)F)N1CCN(Cc2c(F)cccc2Cl)CC1. The van der Waals surface area contributed by atoms with Crippen LogP contribution in [0.2, 0.25) is 5.02 Å². The number of nitrogens with zero attached hydrogens (tertiary/aromatic N) is 3. The van der Waals surface area contributed by atoms with Crippen molar-refractivity contribution < 1.29 is 18.0 Å². The topological polar surface area (TPSA) is 36.4 Å². The van der Waals surface area contributed by atoms with E-state index in [1.807, 2.05) is 4.90 Å². The Hall–Kier alpha value is -1.77. The number of carbonyl (C=O) groups excluding carboxylic acids is 1. The fourth-order valence-corrected chi connectivity index (χ4v) is 3.71. The number of rotatable bonds is 5. The molecule has 3 rings (SSSR count). The predicted octanol–water partition coefficient (Wildman–Crippen LogP) is 4.15. The average Bonchev–Trinajstić information content (AvgIpc) is 2.65. The number of hydrogen-bond acceptors (Lipinski definition) is 4. The van der Waals surface area contributed by atoms with Crippen molar-refractivity contribution in [3.05, 3.63) is 58.5 Å². The first kappa shape index (κ1) is 20.0. The van der Waals surface area contributed by atoms with E-state index >= 15 is 0 Å². The van der Waals surface area contributed by atoms with Crippen LogP contribution >= 0.6 is 23.4 Å². The fourth-order valence-electron chi connectivity index (χ4n) is 2.92. The maximum absolute atomic E-state index is 13.9. The first-order valence-corrected chi connectivity index (χ1v) is 9.56. The fraction of sp³-hybridized carbons (Fsp3) is 0.333. The summed E-state index contributed by atoms with van der Waals surface area (Å²) in [6, 6.07) is 7.63. The number of carbonyl (C=O) groups is 1. The van der Waals surface area contributed by atoms with Crippen LogP contribution in [0.5, 0.6) is 0 Å². The van der Waals surface area contributed by atoms with Gasteiger partial charge in [0.15, 0.2) is 0 Å². The van der Waals surface area contributed by atoms with E-state index in [4.69, 9.17) is 11.6 Å². The zero-order valence-electron chi connectivity index (χ0n) is 14.2. The molecule has 0 radical (unpaired) electrons. The van der Waals surface area contributed by atoms with Gasteiger partial charge in [-0.2, -0.15) is 8.78 Å². The van der Waals surface area contributed by atoms with Gasteiger partial charge in [0.25, 0.3) is 11.7 Å². The maximum atomic E-state index is 13.9. The molecule has 1 aromatic heterocycles. The summed E-state index contributed by atoms with van der Waals surface area (Å²) in [5.41, 5.74) is 0.607. The molecule has 0 spiro atoms. The molecule has 27 heavy (non-hydrogen) atoms. The number of amides is 1. The lowest BCUT2D eigenvalue weighted by Crippen LogP contribution is -2.48. The highest BCUT2D eigenvalue weighted by Gasteiger charge is 2.26. The Bertz CT molecular complexity index is 796. The Morgan fingerprint density at radius 2 is 1.93 bits per heavy atom. The van der Waals surface area contributed by atoms with Crippen LogP contribution in [0.15, 0.2) is 41.6 Å². The first-order chi connectivity index (χ1) is 13.0. The Labute approximate surface area is 164 Å². The summed E-state index contributed by atoms with van der Waals surface area (Å²) in [5, 5.41) is 0.399. The van der Waals surface area contributed by atoms with Gasteiger partial charge in [0.2, 0.25) is 0 Å². The molecule has 0 bridgehead atoms. The van der Waals surface area contributed by atoms with Crippen LogP contribution in [0.1, 0.15) is 15.9 Å². The second-order valence-electron chi connectivity index (χ2n) is 6.00. The Morgan fingerprint density at radius 1 is 1.19 bits per heavy atom. The zero-order valence-corrected chi connectivity index (χ0v) is 15.8. The molecule has 9 heteroatoms. The van der Waals surface area contributed by atoms with E-state index in [2.05, 4.69) is 4.98 Å². The van der Waals surface area contributed by atoms with Gasteiger partial charge in [-0.1, -0.05) is 17.7 Å². The van der Waals surface area contributed by atoms with Gasteiger partial charge in [0.1, 0.15) is 10.8 Å². The van der Waals surface area contributed by atoms with Crippen molar-refractivity contribution in [1.29, 1.82) is 0 Å². The van der Waals surface area contributed by atoms with E-state index in [0.29, 0.717) is 43.3 Å². The van der Waals surface area contributed by atoms with E-state index in [0.717, 1.165) is 0 Å². The molecule has 0 aliphatic carbocycles. The van der Waals surface area contributed by atoms with E-state index in [-0.39, 0.29) is 34.1 Å². The molecule has 0 atom stereocenters. The van der Waals surface area contributed by atoms with Crippen molar-refractivity contribution in [1.82, 2.24) is 14.8 Å². The molecular weight excluding hydrogens is 399 g/mol. The molecule has 1 aliphatic rings. The Morgan fingerprint density at radius 3 is 2.59 bits per heavy atom. The third-order valence-electron chi connectivity index (χ3n) is 4.31. The van der Waals surface area contributed by atoms with Gasteiger partial charge in [-0.05, 0) is 36.0 Å². The summed E-state index contributed by atoms with van der Waals surface area (Å²) in [6.07, 6.45) is 1.39. The third-order valence-corrected chi connectivity index (χ3v) is 5.39. The molecule has 4 nitrogen and oxygen atoms in total. The number of alkyl halides is 2. The summed E-state index contributed by atoms with van der Waals surface area (Å²) in [6.45, 7) is 2.26. The summed E-state index contributed by atoms with van der Waals surface area (Å²) >= 11 is 6.33. The molecular formula is C18H17ClF3N3OS. The molecule has 0 N–H and O–H groups in total. The summed E-state index contributed by atoms with van der Waals surface area (Å²) in [4.78, 5) is 20.2. The van der Waals surface area contributed by atoms with Crippen LogP contribution in [0.25, 0.3) is 0 Å². The van der Waals surface area contributed by atoms with Gasteiger partial charge >= 0.3 is 0 Å². The zero-order chi connectivity index (χ0) is 19.4. The van der Waals surface area contributed by atoms with Crippen LogP contribution in [0.3, 0.4) is 0 Å². The first-order valence-electron chi connectivity index (χ1n) is 8.30. The number of hydrogen-bond donors (Lipinski definition) is 0. The number of thioether (sulfide) groups is 1. The molecule has 144 valence electrons. The molecule has 1 saturated heterocycles. The van der Waals surface area contributed by atoms with Gasteiger partial charge < -0.3 is 4.90 Å². The van der Waals surface area contributed by atoms with Gasteiger partial charge in [-0.15, -0.1) is 0 Å². The molecule has 0 saturated carbocycles. The highest BCUT2D eigenvalue weighted by atomic mass is 35.5. The monoisotopic (exact) mass is 415 g/mol. The minimum Gasteiger partial charge on any atom is -0.336 e. The van der Waals surface area contributed by atoms with Crippen LogP contribution in [-0.2, 0) is 6.54 Å². The highest BCUT2D eigenvalue weighted by Crippen LogP contribution is 2.27. The second kappa shape index (κ2) is 8.95.